The first-order valence-electron chi connectivity index (χ1n) is 10.3. The average Bonchev–Trinajstić information content (AvgIpc) is 3.37. The van der Waals surface area contributed by atoms with Crippen molar-refractivity contribution in [2.75, 3.05) is 33.2 Å². The number of urea groups is 1. The van der Waals surface area contributed by atoms with Gasteiger partial charge in [-0.2, -0.15) is 0 Å². The Morgan fingerprint density at radius 2 is 1.96 bits per heavy atom. The highest BCUT2D eigenvalue weighted by molar-refractivity contribution is 5.74. The summed E-state index contributed by atoms with van der Waals surface area (Å²) in [6.45, 7) is 3.16. The lowest BCUT2D eigenvalue weighted by Crippen LogP contribution is -2.46. The first-order chi connectivity index (χ1) is 13.2. The zero-order valence-corrected chi connectivity index (χ0v) is 16.2. The van der Waals surface area contributed by atoms with Crippen LogP contribution in [0.2, 0.25) is 0 Å². The highest BCUT2D eigenvalue weighted by Gasteiger charge is 2.27. The molecule has 1 aromatic carbocycles. The van der Waals surface area contributed by atoms with Crippen LogP contribution in [-0.2, 0) is 0 Å². The van der Waals surface area contributed by atoms with E-state index < -0.39 is 0 Å². The number of amides is 2. The number of oxazole rings is 1. The minimum absolute atomic E-state index is 0.0610. The lowest BCUT2D eigenvalue weighted by molar-refractivity contribution is 0.174. The number of rotatable bonds is 5. The third-order valence-electron chi connectivity index (χ3n) is 6.13. The summed E-state index contributed by atoms with van der Waals surface area (Å²) in [5.41, 5.74) is 1.76. The number of likely N-dealkylation sites (tertiary alicyclic amines) is 1. The van der Waals surface area contributed by atoms with Crippen LogP contribution in [0.15, 0.2) is 28.7 Å². The van der Waals surface area contributed by atoms with Crippen molar-refractivity contribution >= 4 is 17.1 Å². The highest BCUT2D eigenvalue weighted by atomic mass is 16.3. The van der Waals surface area contributed by atoms with Gasteiger partial charge in [0.2, 0.25) is 0 Å². The largest absolute Gasteiger partial charge is 0.440 e. The molecule has 1 aliphatic heterocycles. The van der Waals surface area contributed by atoms with Crippen LogP contribution in [0.4, 0.5) is 4.79 Å². The number of fused-ring (bicyclic) bond motifs is 1. The Hall–Kier alpha value is -2.08. The standard InChI is InChI=1S/C21H30N4O2/c1-24(17-6-2-3-7-17)15-12-22-21(26)25-13-10-16(11-14-25)20-23-18-8-4-5-9-19(18)27-20/h4-5,8-9,16-17H,2-3,6-7,10-15H2,1H3,(H,22,26). The van der Waals surface area contributed by atoms with Gasteiger partial charge in [0.05, 0.1) is 0 Å². The molecule has 4 rings (SSSR count). The van der Waals surface area contributed by atoms with E-state index in [1.807, 2.05) is 29.2 Å². The lowest BCUT2D eigenvalue weighted by Gasteiger charge is -2.31. The molecule has 0 radical (unpaired) electrons. The molecule has 2 fully saturated rings. The van der Waals surface area contributed by atoms with Gasteiger partial charge in [-0.3, -0.25) is 0 Å². The van der Waals surface area contributed by atoms with Crippen LogP contribution in [0.1, 0.15) is 50.3 Å². The molecule has 2 amide bonds. The van der Waals surface area contributed by atoms with E-state index in [4.69, 9.17) is 4.42 Å². The number of benzene rings is 1. The molecule has 1 N–H and O–H groups in total. The second-order valence-corrected chi connectivity index (χ2v) is 7.93. The third kappa shape index (κ3) is 4.26. The Balaban J connectivity index is 1.22. The number of piperidine rings is 1. The minimum atomic E-state index is 0.0610. The van der Waals surface area contributed by atoms with E-state index in [0.717, 1.165) is 56.0 Å². The third-order valence-corrected chi connectivity index (χ3v) is 6.13. The molecule has 2 aliphatic rings. The van der Waals surface area contributed by atoms with Gasteiger partial charge in [0.25, 0.3) is 0 Å². The summed E-state index contributed by atoms with van der Waals surface area (Å²) in [6.07, 6.45) is 7.10. The number of nitrogens with zero attached hydrogens (tertiary/aromatic N) is 3. The number of para-hydroxylation sites is 2. The molecule has 2 aromatic rings. The fraction of sp³-hybridized carbons (Fsp3) is 0.619. The number of hydrogen-bond acceptors (Lipinski definition) is 4. The molecule has 6 heteroatoms. The summed E-state index contributed by atoms with van der Waals surface area (Å²) < 4.78 is 5.91. The fourth-order valence-electron chi connectivity index (χ4n) is 4.37. The van der Waals surface area contributed by atoms with E-state index in [1.54, 1.807) is 0 Å². The Kier molecular flexibility index (Phi) is 5.62. The molecule has 6 nitrogen and oxygen atoms in total. The number of likely N-dealkylation sites (N-methyl/N-ethyl adjacent to an activating group) is 1. The highest BCUT2D eigenvalue weighted by Crippen LogP contribution is 2.29. The van der Waals surface area contributed by atoms with Gasteiger partial charge in [-0.05, 0) is 44.9 Å². The van der Waals surface area contributed by atoms with Gasteiger partial charge >= 0.3 is 6.03 Å². The summed E-state index contributed by atoms with van der Waals surface area (Å²) in [5, 5.41) is 3.09. The predicted molar refractivity (Wildman–Crippen MR) is 106 cm³/mol. The SMILES string of the molecule is CN(CCNC(=O)N1CCC(c2nc3ccccc3o2)CC1)C1CCCC1. The Labute approximate surface area is 160 Å². The lowest BCUT2D eigenvalue weighted by atomic mass is 9.97. The Morgan fingerprint density at radius 1 is 1.22 bits per heavy atom. The molecule has 0 unspecified atom stereocenters. The monoisotopic (exact) mass is 370 g/mol. The van der Waals surface area contributed by atoms with Gasteiger partial charge < -0.3 is 19.5 Å². The van der Waals surface area contributed by atoms with Crippen molar-refractivity contribution in [2.24, 2.45) is 0 Å². The van der Waals surface area contributed by atoms with Crippen LogP contribution < -0.4 is 5.32 Å². The Morgan fingerprint density at radius 3 is 2.70 bits per heavy atom. The molecule has 27 heavy (non-hydrogen) atoms. The van der Waals surface area contributed by atoms with Crippen LogP contribution in [0.3, 0.4) is 0 Å². The number of carbonyl (C=O) groups excluding carboxylic acids is 1. The van der Waals surface area contributed by atoms with Gasteiger partial charge in [0.1, 0.15) is 5.52 Å². The maximum atomic E-state index is 12.4. The zero-order chi connectivity index (χ0) is 18.6. The molecule has 1 aromatic heterocycles. The van der Waals surface area contributed by atoms with Crippen molar-refractivity contribution in [1.82, 2.24) is 20.1 Å². The molecule has 2 heterocycles. The van der Waals surface area contributed by atoms with E-state index >= 15 is 0 Å². The van der Waals surface area contributed by atoms with E-state index in [2.05, 4.69) is 22.2 Å². The number of hydrogen-bond donors (Lipinski definition) is 1. The molecular weight excluding hydrogens is 340 g/mol. The summed E-state index contributed by atoms with van der Waals surface area (Å²) in [6, 6.07) is 8.64. The summed E-state index contributed by atoms with van der Waals surface area (Å²) in [5.74, 6) is 1.12. The average molecular weight is 370 g/mol. The quantitative estimate of drug-likeness (QED) is 0.874. The number of nitrogens with one attached hydrogen (secondary N) is 1. The van der Waals surface area contributed by atoms with Crippen molar-refractivity contribution < 1.29 is 9.21 Å². The zero-order valence-electron chi connectivity index (χ0n) is 16.2. The molecule has 0 atom stereocenters. The van der Waals surface area contributed by atoms with E-state index in [1.165, 1.54) is 25.7 Å². The number of aromatic nitrogens is 1. The smallest absolute Gasteiger partial charge is 0.317 e. The van der Waals surface area contributed by atoms with Crippen molar-refractivity contribution in [1.29, 1.82) is 0 Å². The maximum absolute atomic E-state index is 12.4. The Bertz CT molecular complexity index is 727. The van der Waals surface area contributed by atoms with E-state index in [0.29, 0.717) is 12.0 Å². The molecule has 1 aliphatic carbocycles. The molecule has 1 saturated carbocycles. The van der Waals surface area contributed by atoms with Gasteiger partial charge in [0, 0.05) is 38.1 Å². The van der Waals surface area contributed by atoms with E-state index in [-0.39, 0.29) is 6.03 Å². The fourth-order valence-corrected chi connectivity index (χ4v) is 4.37. The molecule has 0 spiro atoms. The molecular formula is C21H30N4O2. The van der Waals surface area contributed by atoms with Gasteiger partial charge in [-0.1, -0.05) is 25.0 Å². The second kappa shape index (κ2) is 8.30. The second-order valence-electron chi connectivity index (χ2n) is 7.93. The van der Waals surface area contributed by atoms with Crippen LogP contribution in [-0.4, -0.2) is 60.1 Å². The van der Waals surface area contributed by atoms with Crippen LogP contribution in [0.5, 0.6) is 0 Å². The van der Waals surface area contributed by atoms with Crippen LogP contribution in [0.25, 0.3) is 11.1 Å². The van der Waals surface area contributed by atoms with Crippen molar-refractivity contribution in [3.05, 3.63) is 30.2 Å². The normalized spacial score (nSPS) is 19.3. The van der Waals surface area contributed by atoms with Crippen molar-refractivity contribution in [2.45, 2.75) is 50.5 Å². The van der Waals surface area contributed by atoms with E-state index in [9.17, 15) is 4.79 Å². The van der Waals surface area contributed by atoms with Crippen molar-refractivity contribution in [3.63, 3.8) is 0 Å². The number of carbonyl (C=O) groups is 1. The summed E-state index contributed by atoms with van der Waals surface area (Å²) in [4.78, 5) is 21.4. The topological polar surface area (TPSA) is 61.6 Å². The molecule has 0 bridgehead atoms. The first kappa shape index (κ1) is 18.3. The summed E-state index contributed by atoms with van der Waals surface area (Å²) in [7, 11) is 2.17. The molecule has 1 saturated heterocycles. The van der Waals surface area contributed by atoms with Gasteiger partial charge in [-0.15, -0.1) is 0 Å². The maximum Gasteiger partial charge on any atom is 0.317 e. The van der Waals surface area contributed by atoms with Crippen LogP contribution >= 0.6 is 0 Å². The van der Waals surface area contributed by atoms with Gasteiger partial charge in [0.15, 0.2) is 11.5 Å². The van der Waals surface area contributed by atoms with Gasteiger partial charge in [-0.25, -0.2) is 9.78 Å². The van der Waals surface area contributed by atoms with Crippen molar-refractivity contribution in [3.8, 4) is 0 Å². The summed E-state index contributed by atoms with van der Waals surface area (Å²) >= 11 is 0. The molecule has 146 valence electrons. The minimum Gasteiger partial charge on any atom is -0.440 e. The van der Waals surface area contributed by atoms with Crippen LogP contribution in [0, 0.1) is 0 Å². The first-order valence-corrected chi connectivity index (χ1v) is 10.3. The predicted octanol–water partition coefficient (Wildman–Crippen LogP) is 3.59.